The minimum atomic E-state index is -0.391. The van der Waals surface area contributed by atoms with Crippen LogP contribution in [0, 0.1) is 11.3 Å². The molecule has 2 fully saturated rings. The van der Waals surface area contributed by atoms with E-state index >= 15 is 0 Å². The number of benzene rings is 1. The van der Waals surface area contributed by atoms with Crippen molar-refractivity contribution in [3.63, 3.8) is 0 Å². The lowest BCUT2D eigenvalue weighted by Gasteiger charge is -2.37. The van der Waals surface area contributed by atoms with E-state index in [2.05, 4.69) is 19.3 Å². The zero-order chi connectivity index (χ0) is 16.4. The minimum Gasteiger partial charge on any atom is -0.292 e. The molecular formula is C19H26N2O2. The summed E-state index contributed by atoms with van der Waals surface area (Å²) in [5.41, 5.74) is 3.52. The molecule has 0 bridgehead atoms. The average Bonchev–Trinajstić information content (AvgIpc) is 2.81. The van der Waals surface area contributed by atoms with Gasteiger partial charge in [-0.25, -0.2) is 5.43 Å². The Kier molecular flexibility index (Phi) is 4.53. The molecule has 124 valence electrons. The van der Waals surface area contributed by atoms with E-state index in [1.807, 2.05) is 18.2 Å². The highest BCUT2D eigenvalue weighted by atomic mass is 16.2. The first-order valence-corrected chi connectivity index (χ1v) is 8.70. The van der Waals surface area contributed by atoms with Crippen molar-refractivity contribution in [2.45, 2.75) is 52.0 Å². The highest BCUT2D eigenvalue weighted by Gasteiger charge is 2.53. The van der Waals surface area contributed by atoms with Gasteiger partial charge in [0.05, 0.1) is 5.41 Å². The molecule has 23 heavy (non-hydrogen) atoms. The van der Waals surface area contributed by atoms with Crippen LogP contribution in [0.5, 0.6) is 0 Å². The second-order valence-corrected chi connectivity index (χ2v) is 7.15. The number of rotatable bonds is 4. The Bertz CT molecular complexity index is 580. The third kappa shape index (κ3) is 2.92. The maximum atomic E-state index is 13.0. The van der Waals surface area contributed by atoms with E-state index in [-0.39, 0.29) is 24.3 Å². The number of carbonyl (C=O) groups excluding carboxylic acids is 2. The van der Waals surface area contributed by atoms with Crippen LogP contribution < -0.4 is 5.43 Å². The van der Waals surface area contributed by atoms with Crippen LogP contribution in [-0.4, -0.2) is 29.3 Å². The molecule has 1 heterocycles. The second kappa shape index (κ2) is 6.44. The lowest BCUT2D eigenvalue weighted by Crippen LogP contribution is -2.43. The van der Waals surface area contributed by atoms with Gasteiger partial charge in [-0.15, -0.1) is 0 Å². The fourth-order valence-electron chi connectivity index (χ4n) is 4.11. The lowest BCUT2D eigenvalue weighted by molar-refractivity contribution is -0.139. The molecule has 3 rings (SSSR count). The Labute approximate surface area is 138 Å². The van der Waals surface area contributed by atoms with Gasteiger partial charge >= 0.3 is 0 Å². The van der Waals surface area contributed by atoms with E-state index in [9.17, 15) is 9.59 Å². The Morgan fingerprint density at radius 2 is 1.87 bits per heavy atom. The topological polar surface area (TPSA) is 49.4 Å². The molecule has 0 spiro atoms. The summed E-state index contributed by atoms with van der Waals surface area (Å²) in [6, 6.07) is 9.25. The fourth-order valence-corrected chi connectivity index (χ4v) is 4.11. The summed E-state index contributed by atoms with van der Waals surface area (Å²) in [5.74, 6) is 0.482. The van der Waals surface area contributed by atoms with E-state index < -0.39 is 5.41 Å². The number of nitrogens with zero attached hydrogens (tertiary/aromatic N) is 1. The normalized spacial score (nSPS) is 29.0. The summed E-state index contributed by atoms with van der Waals surface area (Å²) >= 11 is 0. The molecule has 2 atom stereocenters. The predicted molar refractivity (Wildman–Crippen MR) is 89.8 cm³/mol. The third-order valence-corrected chi connectivity index (χ3v) is 5.81. The number of nitrogens with one attached hydrogen (secondary N) is 1. The molecule has 4 nitrogen and oxygen atoms in total. The smallest absolute Gasteiger partial charge is 0.244 e. The number of hydrazine groups is 1. The Balaban J connectivity index is 1.73. The van der Waals surface area contributed by atoms with E-state index in [4.69, 9.17) is 0 Å². The van der Waals surface area contributed by atoms with Crippen LogP contribution in [-0.2, 0) is 4.79 Å². The van der Waals surface area contributed by atoms with Gasteiger partial charge in [-0.1, -0.05) is 49.6 Å². The van der Waals surface area contributed by atoms with Crippen LogP contribution in [0.4, 0.5) is 0 Å². The maximum Gasteiger partial charge on any atom is 0.244 e. The summed E-state index contributed by atoms with van der Waals surface area (Å²) in [6.45, 7) is 4.25. The highest BCUT2D eigenvalue weighted by Crippen LogP contribution is 2.44. The quantitative estimate of drug-likeness (QED) is 0.868. The predicted octanol–water partition coefficient (Wildman–Crippen LogP) is 3.19. The van der Waals surface area contributed by atoms with Gasteiger partial charge in [0.1, 0.15) is 6.54 Å². The molecule has 1 aliphatic heterocycles. The van der Waals surface area contributed by atoms with Crippen molar-refractivity contribution in [2.75, 3.05) is 6.54 Å². The van der Waals surface area contributed by atoms with Gasteiger partial charge in [-0.3, -0.25) is 14.6 Å². The number of ketones is 1. The van der Waals surface area contributed by atoms with Crippen LogP contribution in [0.25, 0.3) is 0 Å². The molecule has 4 heteroatoms. The van der Waals surface area contributed by atoms with Gasteiger partial charge in [0.25, 0.3) is 0 Å². The number of carbonyl (C=O) groups is 2. The first-order chi connectivity index (χ1) is 11.0. The molecule has 1 N–H and O–H groups in total. The molecule has 2 aliphatic rings. The van der Waals surface area contributed by atoms with E-state index in [1.54, 1.807) is 17.1 Å². The molecular weight excluding hydrogens is 288 g/mol. The van der Waals surface area contributed by atoms with Crippen LogP contribution in [0.3, 0.4) is 0 Å². The molecule has 1 saturated carbocycles. The Morgan fingerprint density at radius 3 is 2.52 bits per heavy atom. The molecule has 1 aromatic rings. The summed E-state index contributed by atoms with van der Waals surface area (Å²) in [5, 5.41) is 1.55. The van der Waals surface area contributed by atoms with Crippen molar-refractivity contribution in [1.82, 2.24) is 10.4 Å². The van der Waals surface area contributed by atoms with Crippen molar-refractivity contribution >= 4 is 11.7 Å². The molecule has 1 saturated heterocycles. The lowest BCUT2D eigenvalue weighted by atomic mass is 9.66. The van der Waals surface area contributed by atoms with Crippen molar-refractivity contribution in [3.05, 3.63) is 35.9 Å². The second-order valence-electron chi connectivity index (χ2n) is 7.15. The summed E-state index contributed by atoms with van der Waals surface area (Å²) < 4.78 is 0. The van der Waals surface area contributed by atoms with Crippen molar-refractivity contribution in [1.29, 1.82) is 0 Å². The maximum absolute atomic E-state index is 13.0. The molecule has 0 aromatic heterocycles. The summed E-state index contributed by atoms with van der Waals surface area (Å²) in [6.07, 6.45) is 5.94. The molecule has 1 aliphatic carbocycles. The van der Waals surface area contributed by atoms with Gasteiger partial charge in [0.2, 0.25) is 5.91 Å². The molecule has 0 radical (unpaired) electrons. The van der Waals surface area contributed by atoms with Crippen LogP contribution in [0.2, 0.25) is 0 Å². The van der Waals surface area contributed by atoms with Gasteiger partial charge < -0.3 is 0 Å². The SMILES string of the molecule is CC1NN(CC(=O)c2ccccc2)C(=O)C1(C)C1CCCCC1. The van der Waals surface area contributed by atoms with Crippen LogP contribution >= 0.6 is 0 Å². The zero-order valence-electron chi connectivity index (χ0n) is 14.0. The van der Waals surface area contributed by atoms with Gasteiger partial charge in [-0.05, 0) is 32.6 Å². The largest absolute Gasteiger partial charge is 0.292 e. The summed E-state index contributed by atoms with van der Waals surface area (Å²) in [4.78, 5) is 25.4. The van der Waals surface area contributed by atoms with Gasteiger partial charge in [0.15, 0.2) is 5.78 Å². The zero-order valence-corrected chi connectivity index (χ0v) is 14.0. The van der Waals surface area contributed by atoms with E-state index in [0.29, 0.717) is 11.5 Å². The monoisotopic (exact) mass is 314 g/mol. The number of Topliss-reactive ketones (excluding diaryl/α,β-unsaturated/α-hetero) is 1. The Hall–Kier alpha value is -1.68. The minimum absolute atomic E-state index is 0.0217. The van der Waals surface area contributed by atoms with Gasteiger partial charge in [-0.2, -0.15) is 0 Å². The molecule has 1 amide bonds. The first kappa shape index (κ1) is 16.2. The molecule has 2 unspecified atom stereocenters. The van der Waals surface area contributed by atoms with Crippen LogP contribution in [0.1, 0.15) is 56.3 Å². The van der Waals surface area contributed by atoms with Crippen molar-refractivity contribution in [3.8, 4) is 0 Å². The fraction of sp³-hybridized carbons (Fsp3) is 0.579. The standard InChI is InChI=1S/C19H26N2O2/c1-14-19(2,16-11-7-4-8-12-16)18(23)21(20-14)13-17(22)15-9-5-3-6-10-15/h3,5-6,9-10,14,16,20H,4,7-8,11-13H2,1-2H3. The number of amides is 1. The van der Waals surface area contributed by atoms with Crippen LogP contribution in [0.15, 0.2) is 30.3 Å². The van der Waals surface area contributed by atoms with E-state index in [0.717, 1.165) is 12.8 Å². The van der Waals surface area contributed by atoms with Gasteiger partial charge in [0, 0.05) is 11.6 Å². The highest BCUT2D eigenvalue weighted by molar-refractivity contribution is 6.00. The first-order valence-electron chi connectivity index (χ1n) is 8.70. The summed E-state index contributed by atoms with van der Waals surface area (Å²) in [7, 11) is 0. The number of hydrogen-bond acceptors (Lipinski definition) is 3. The number of hydrogen-bond donors (Lipinski definition) is 1. The van der Waals surface area contributed by atoms with Crippen molar-refractivity contribution in [2.24, 2.45) is 11.3 Å². The third-order valence-electron chi connectivity index (χ3n) is 5.81. The molecule has 1 aromatic carbocycles. The Morgan fingerprint density at radius 1 is 1.22 bits per heavy atom. The average molecular weight is 314 g/mol. The van der Waals surface area contributed by atoms with Crippen molar-refractivity contribution < 1.29 is 9.59 Å². The van der Waals surface area contributed by atoms with E-state index in [1.165, 1.54) is 19.3 Å².